The molecule has 4 rings (SSSR count). The molecular weight excluding hydrogens is 581 g/mol. The summed E-state index contributed by atoms with van der Waals surface area (Å²) in [6.07, 6.45) is -11.8. The van der Waals surface area contributed by atoms with E-state index in [1.807, 2.05) is 0 Å². The molecule has 2 aromatic rings. The number of sulfonamides is 1. The first kappa shape index (κ1) is 31.1. The van der Waals surface area contributed by atoms with E-state index in [0.717, 1.165) is 15.9 Å². The summed E-state index contributed by atoms with van der Waals surface area (Å²) < 4.78 is 124. The number of hydrogen-bond acceptors (Lipinski definition) is 4. The van der Waals surface area contributed by atoms with Crippen molar-refractivity contribution in [2.45, 2.75) is 93.0 Å². The third-order valence-electron chi connectivity index (χ3n) is 7.85. The van der Waals surface area contributed by atoms with Gasteiger partial charge >= 0.3 is 12.4 Å². The molecular formula is C27H29F7N2O4S. The fourth-order valence-corrected chi connectivity index (χ4v) is 7.22. The fraction of sp³-hybridized carbons (Fsp3) is 0.519. The van der Waals surface area contributed by atoms with Gasteiger partial charge in [0, 0.05) is 12.0 Å². The van der Waals surface area contributed by atoms with E-state index in [-0.39, 0.29) is 35.4 Å². The number of carbonyl (C=O) groups excluding carboxylic acids is 1. The number of carbonyl (C=O) groups is 1. The van der Waals surface area contributed by atoms with Crippen molar-refractivity contribution in [3.8, 4) is 0 Å². The molecule has 0 saturated heterocycles. The monoisotopic (exact) mass is 610 g/mol. The molecule has 1 saturated carbocycles. The lowest BCUT2D eigenvalue weighted by Crippen LogP contribution is -2.54. The van der Waals surface area contributed by atoms with Crippen LogP contribution in [0.1, 0.15) is 55.7 Å². The SMILES string of the molecule is Cc1ccc(S(=O)(=O)N2c3ccc(C(O)(C(F)(F)F)C(F)(F)F)cc3CC[C@H]2CC(=O)N[C@@H]2CCC[C@]2(C)F)cc1. The summed E-state index contributed by atoms with van der Waals surface area (Å²) in [7, 11) is -4.47. The molecule has 3 atom stereocenters. The van der Waals surface area contributed by atoms with Gasteiger partial charge in [0.2, 0.25) is 5.91 Å². The third-order valence-corrected chi connectivity index (χ3v) is 9.73. The number of benzene rings is 2. The van der Waals surface area contributed by atoms with Crippen LogP contribution in [-0.4, -0.2) is 49.5 Å². The van der Waals surface area contributed by atoms with Gasteiger partial charge in [-0.05, 0) is 69.7 Å². The molecule has 0 unspecified atom stereocenters. The smallest absolute Gasteiger partial charge is 0.369 e. The Morgan fingerprint density at radius 3 is 2.20 bits per heavy atom. The number of rotatable bonds is 6. The van der Waals surface area contributed by atoms with Crippen LogP contribution in [0.2, 0.25) is 0 Å². The van der Waals surface area contributed by atoms with Crippen LogP contribution in [0.4, 0.5) is 36.4 Å². The summed E-state index contributed by atoms with van der Waals surface area (Å²) in [4.78, 5) is 12.7. The lowest BCUT2D eigenvalue weighted by Gasteiger charge is -2.39. The summed E-state index contributed by atoms with van der Waals surface area (Å²) >= 11 is 0. The van der Waals surface area contributed by atoms with Gasteiger partial charge in [-0.25, -0.2) is 12.8 Å². The zero-order valence-corrected chi connectivity index (χ0v) is 22.9. The molecule has 1 fully saturated rings. The minimum atomic E-state index is -6.12. The van der Waals surface area contributed by atoms with Crippen molar-refractivity contribution < 1.29 is 49.1 Å². The fourth-order valence-electron chi connectivity index (χ4n) is 5.50. The third kappa shape index (κ3) is 5.64. The van der Waals surface area contributed by atoms with Crippen molar-refractivity contribution in [2.75, 3.05) is 4.31 Å². The van der Waals surface area contributed by atoms with E-state index < -0.39 is 63.6 Å². The Bertz CT molecular complexity index is 1390. The van der Waals surface area contributed by atoms with Crippen molar-refractivity contribution in [1.82, 2.24) is 5.32 Å². The van der Waals surface area contributed by atoms with Crippen molar-refractivity contribution >= 4 is 21.6 Å². The molecule has 1 heterocycles. The minimum Gasteiger partial charge on any atom is -0.369 e. The Kier molecular flexibility index (Phi) is 7.91. The normalized spacial score (nSPS) is 23.8. The van der Waals surface area contributed by atoms with Crippen LogP contribution in [0, 0.1) is 6.92 Å². The number of anilines is 1. The van der Waals surface area contributed by atoms with Crippen LogP contribution in [0.15, 0.2) is 47.4 Å². The van der Waals surface area contributed by atoms with Crippen LogP contribution >= 0.6 is 0 Å². The largest absolute Gasteiger partial charge is 0.430 e. The molecule has 226 valence electrons. The van der Waals surface area contributed by atoms with Gasteiger partial charge in [-0.3, -0.25) is 9.10 Å². The first-order valence-electron chi connectivity index (χ1n) is 12.9. The highest BCUT2D eigenvalue weighted by Crippen LogP contribution is 2.51. The van der Waals surface area contributed by atoms with Gasteiger partial charge in [0.1, 0.15) is 5.67 Å². The summed E-state index contributed by atoms with van der Waals surface area (Å²) in [5, 5.41) is 12.5. The number of alkyl halides is 7. The number of fused-ring (bicyclic) bond motifs is 1. The highest BCUT2D eigenvalue weighted by molar-refractivity contribution is 7.92. The van der Waals surface area contributed by atoms with Gasteiger partial charge in [0.15, 0.2) is 0 Å². The molecule has 0 spiro atoms. The lowest BCUT2D eigenvalue weighted by molar-refractivity contribution is -0.376. The molecule has 2 aromatic carbocycles. The second-order valence-corrected chi connectivity index (χ2v) is 12.7. The van der Waals surface area contributed by atoms with Crippen LogP contribution in [0.5, 0.6) is 0 Å². The van der Waals surface area contributed by atoms with E-state index in [1.165, 1.54) is 31.2 Å². The maximum absolute atomic E-state index is 14.7. The Morgan fingerprint density at radius 2 is 1.66 bits per heavy atom. The molecule has 1 aliphatic heterocycles. The second kappa shape index (κ2) is 10.4. The van der Waals surface area contributed by atoms with Gasteiger partial charge in [0.05, 0.1) is 22.7 Å². The number of aliphatic hydroxyl groups is 1. The second-order valence-electron chi connectivity index (χ2n) is 10.9. The topological polar surface area (TPSA) is 86.7 Å². The predicted octanol–water partition coefficient (Wildman–Crippen LogP) is 5.60. The van der Waals surface area contributed by atoms with Gasteiger partial charge in [0.25, 0.3) is 15.6 Å². The van der Waals surface area contributed by atoms with Crippen molar-refractivity contribution in [3.05, 3.63) is 59.2 Å². The lowest BCUT2D eigenvalue weighted by atomic mass is 9.87. The molecule has 2 N–H and O–H groups in total. The minimum absolute atomic E-state index is 0.136. The number of amides is 1. The van der Waals surface area contributed by atoms with Gasteiger partial charge in [-0.2, -0.15) is 26.3 Å². The number of halogens is 7. The number of hydrogen-bond donors (Lipinski definition) is 2. The summed E-state index contributed by atoms with van der Waals surface area (Å²) in [6, 6.07) is 5.42. The van der Waals surface area contributed by atoms with Gasteiger partial charge in [-0.1, -0.05) is 29.8 Å². The number of nitrogens with one attached hydrogen (secondary N) is 1. The standard InChI is InChI=1S/C27H29F7N2O4S/c1-16-5-10-20(11-6-16)41(39,40)36-19(15-23(37)35-22-4-3-13-24(22,2)28)9-7-17-14-18(8-12-21(17)36)25(38,26(29,30)31)27(32,33)34/h5-6,8,10-12,14,19,22,38H,3-4,7,9,13,15H2,1-2H3,(H,35,37)/t19-,22+,24-/m0/s1. The van der Waals surface area contributed by atoms with Crippen LogP contribution in [0.25, 0.3) is 0 Å². The molecule has 1 aliphatic carbocycles. The van der Waals surface area contributed by atoms with E-state index in [2.05, 4.69) is 5.32 Å². The molecule has 0 aromatic heterocycles. The Hall–Kier alpha value is -2.87. The van der Waals surface area contributed by atoms with Crippen molar-refractivity contribution in [1.29, 1.82) is 0 Å². The maximum Gasteiger partial charge on any atom is 0.430 e. The van der Waals surface area contributed by atoms with E-state index in [1.54, 1.807) is 6.92 Å². The van der Waals surface area contributed by atoms with Crippen molar-refractivity contribution in [2.24, 2.45) is 0 Å². The van der Waals surface area contributed by atoms with E-state index in [0.29, 0.717) is 25.0 Å². The Balaban J connectivity index is 1.77. The average Bonchev–Trinajstić information content (AvgIpc) is 3.18. The number of nitrogens with zero attached hydrogens (tertiary/aromatic N) is 1. The zero-order valence-electron chi connectivity index (χ0n) is 22.1. The average molecular weight is 611 g/mol. The highest BCUT2D eigenvalue weighted by Gasteiger charge is 2.71. The van der Waals surface area contributed by atoms with Crippen LogP contribution < -0.4 is 9.62 Å². The van der Waals surface area contributed by atoms with Gasteiger partial charge < -0.3 is 10.4 Å². The summed E-state index contributed by atoms with van der Waals surface area (Å²) in [5.41, 5.74) is -8.02. The first-order valence-corrected chi connectivity index (χ1v) is 14.3. The molecule has 0 bridgehead atoms. The highest BCUT2D eigenvalue weighted by atomic mass is 32.2. The quantitative estimate of drug-likeness (QED) is 0.417. The van der Waals surface area contributed by atoms with Crippen LogP contribution in [-0.2, 0) is 26.8 Å². The molecule has 6 nitrogen and oxygen atoms in total. The van der Waals surface area contributed by atoms with E-state index in [4.69, 9.17) is 0 Å². The van der Waals surface area contributed by atoms with Crippen LogP contribution in [0.3, 0.4) is 0 Å². The molecule has 14 heteroatoms. The maximum atomic E-state index is 14.7. The molecule has 0 radical (unpaired) electrons. The van der Waals surface area contributed by atoms with Gasteiger partial charge in [-0.15, -0.1) is 0 Å². The first-order chi connectivity index (χ1) is 18.8. The summed E-state index contributed by atoms with van der Waals surface area (Å²) in [6.45, 7) is 3.07. The molecule has 1 amide bonds. The Labute approximate surface area is 232 Å². The summed E-state index contributed by atoms with van der Waals surface area (Å²) in [5.74, 6) is -0.640. The predicted molar refractivity (Wildman–Crippen MR) is 135 cm³/mol. The van der Waals surface area contributed by atoms with Crippen molar-refractivity contribution in [3.63, 3.8) is 0 Å². The van der Waals surface area contributed by atoms with E-state index >= 15 is 0 Å². The molecule has 41 heavy (non-hydrogen) atoms. The Morgan fingerprint density at radius 1 is 1.05 bits per heavy atom. The molecule has 2 aliphatic rings. The zero-order chi connectivity index (χ0) is 30.6. The number of aryl methyl sites for hydroxylation is 2. The van der Waals surface area contributed by atoms with E-state index in [9.17, 15) is 49.1 Å².